The number of nitrogens with one attached hydrogen (secondary N) is 2. The van der Waals surface area contributed by atoms with E-state index in [0.29, 0.717) is 17.7 Å². The lowest BCUT2D eigenvalue weighted by Crippen LogP contribution is -2.25. The SMILES string of the molecule is C=C.CCNC(=O)c1cc(CNC(=O)c2ccc3c(c2)C(CC)Oc2cnccc2-3)ccc1F. The number of ether oxygens (including phenoxy) is 1. The lowest BCUT2D eigenvalue weighted by molar-refractivity contribution is 0.0945. The lowest BCUT2D eigenvalue weighted by atomic mass is 9.91. The third-order valence-electron chi connectivity index (χ3n) is 5.44. The largest absolute Gasteiger partial charge is 0.483 e. The Bertz CT molecular complexity index is 1200. The molecule has 1 aliphatic rings. The molecule has 7 heteroatoms. The van der Waals surface area contributed by atoms with Crippen LogP contribution in [0.25, 0.3) is 11.1 Å². The lowest BCUT2D eigenvalue weighted by Gasteiger charge is -2.28. The zero-order chi connectivity index (χ0) is 24.7. The van der Waals surface area contributed by atoms with Gasteiger partial charge in [-0.05, 0) is 54.8 Å². The number of benzene rings is 2. The minimum Gasteiger partial charge on any atom is -0.483 e. The summed E-state index contributed by atoms with van der Waals surface area (Å²) in [6.45, 7) is 10.4. The maximum atomic E-state index is 14.0. The van der Waals surface area contributed by atoms with E-state index in [0.717, 1.165) is 28.9 Å². The molecule has 2 amide bonds. The zero-order valence-electron chi connectivity index (χ0n) is 19.4. The van der Waals surface area contributed by atoms with Crippen LogP contribution in [0.5, 0.6) is 5.75 Å². The second kappa shape index (κ2) is 11.2. The van der Waals surface area contributed by atoms with Crippen molar-refractivity contribution in [1.82, 2.24) is 15.6 Å². The zero-order valence-corrected chi connectivity index (χ0v) is 19.4. The first kappa shape index (κ1) is 24.6. The van der Waals surface area contributed by atoms with Gasteiger partial charge in [0, 0.05) is 36.0 Å². The summed E-state index contributed by atoms with van der Waals surface area (Å²) >= 11 is 0. The van der Waals surface area contributed by atoms with E-state index in [1.807, 2.05) is 25.1 Å². The van der Waals surface area contributed by atoms with Gasteiger partial charge in [-0.3, -0.25) is 14.6 Å². The number of carbonyl (C=O) groups is 2. The fraction of sp³-hybridized carbons (Fsp3) is 0.222. The van der Waals surface area contributed by atoms with Crippen molar-refractivity contribution in [3.05, 3.63) is 96.1 Å². The Morgan fingerprint density at radius 1 is 1.03 bits per heavy atom. The van der Waals surface area contributed by atoms with E-state index in [2.05, 4.69) is 28.8 Å². The van der Waals surface area contributed by atoms with Crippen molar-refractivity contribution in [1.29, 1.82) is 0 Å². The summed E-state index contributed by atoms with van der Waals surface area (Å²) in [5.74, 6) is -0.592. The molecule has 1 atom stereocenters. The first-order valence-corrected chi connectivity index (χ1v) is 11.1. The molecule has 0 spiro atoms. The van der Waals surface area contributed by atoms with Crippen molar-refractivity contribution in [2.24, 2.45) is 0 Å². The minimum atomic E-state index is -0.596. The minimum absolute atomic E-state index is 0.0385. The number of halogens is 1. The molecular formula is C27H28FN3O3. The second-order valence-electron chi connectivity index (χ2n) is 7.54. The third kappa shape index (κ3) is 5.14. The topological polar surface area (TPSA) is 80.3 Å². The van der Waals surface area contributed by atoms with Crippen molar-refractivity contribution >= 4 is 11.8 Å². The standard InChI is InChI=1S/C25H24FN3O3.C2H4/c1-3-22-19-12-16(6-7-17(19)18-9-10-27-14-23(18)32-22)24(30)29-13-15-5-8-21(26)20(11-15)25(31)28-4-2;1-2/h5-12,14,22H,3-4,13H2,1-2H3,(H,28,31)(H,29,30);1-2H2. The van der Waals surface area contributed by atoms with Gasteiger partial charge in [0.15, 0.2) is 0 Å². The van der Waals surface area contributed by atoms with Gasteiger partial charge in [0.25, 0.3) is 11.8 Å². The molecule has 1 aliphatic heterocycles. The summed E-state index contributed by atoms with van der Waals surface area (Å²) in [5.41, 5.74) is 4.05. The summed E-state index contributed by atoms with van der Waals surface area (Å²) in [5, 5.41) is 5.43. The third-order valence-corrected chi connectivity index (χ3v) is 5.44. The molecule has 6 nitrogen and oxygen atoms in total. The summed E-state index contributed by atoms with van der Waals surface area (Å²) in [7, 11) is 0. The fourth-order valence-corrected chi connectivity index (χ4v) is 3.83. The fourth-order valence-electron chi connectivity index (χ4n) is 3.83. The van der Waals surface area contributed by atoms with Crippen LogP contribution in [0.4, 0.5) is 4.39 Å². The quantitative estimate of drug-likeness (QED) is 0.494. The molecule has 0 fully saturated rings. The van der Waals surface area contributed by atoms with E-state index < -0.39 is 11.7 Å². The number of rotatable bonds is 6. The highest BCUT2D eigenvalue weighted by Crippen LogP contribution is 2.43. The summed E-state index contributed by atoms with van der Waals surface area (Å²) in [6, 6.07) is 11.7. The number of fused-ring (bicyclic) bond motifs is 3. The Morgan fingerprint density at radius 3 is 2.56 bits per heavy atom. The molecule has 4 rings (SSSR count). The summed E-state index contributed by atoms with van der Waals surface area (Å²) in [6.07, 6.45) is 4.02. The molecule has 1 unspecified atom stereocenters. The molecule has 2 aromatic carbocycles. The molecule has 176 valence electrons. The smallest absolute Gasteiger partial charge is 0.254 e. The number of aromatic nitrogens is 1. The first-order chi connectivity index (χ1) is 16.5. The number of hydrogen-bond acceptors (Lipinski definition) is 4. The number of carbonyl (C=O) groups excluding carboxylic acids is 2. The van der Waals surface area contributed by atoms with Gasteiger partial charge in [-0.2, -0.15) is 0 Å². The Morgan fingerprint density at radius 2 is 1.82 bits per heavy atom. The van der Waals surface area contributed by atoms with E-state index in [1.165, 1.54) is 12.1 Å². The van der Waals surface area contributed by atoms with Crippen molar-refractivity contribution in [2.75, 3.05) is 6.54 Å². The van der Waals surface area contributed by atoms with Crippen LogP contribution in [0.3, 0.4) is 0 Å². The van der Waals surface area contributed by atoms with Gasteiger partial charge in [-0.1, -0.05) is 19.1 Å². The second-order valence-corrected chi connectivity index (χ2v) is 7.54. The predicted octanol–water partition coefficient (Wildman–Crippen LogP) is 5.21. The van der Waals surface area contributed by atoms with Gasteiger partial charge in [-0.15, -0.1) is 13.2 Å². The van der Waals surface area contributed by atoms with Gasteiger partial charge in [0.1, 0.15) is 17.7 Å². The maximum Gasteiger partial charge on any atom is 0.254 e. The van der Waals surface area contributed by atoms with Gasteiger partial charge in [-0.25, -0.2) is 4.39 Å². The van der Waals surface area contributed by atoms with Gasteiger partial charge < -0.3 is 15.4 Å². The van der Waals surface area contributed by atoms with Crippen molar-refractivity contribution in [3.8, 4) is 16.9 Å². The summed E-state index contributed by atoms with van der Waals surface area (Å²) in [4.78, 5) is 29.0. The number of pyridine rings is 1. The van der Waals surface area contributed by atoms with Crippen molar-refractivity contribution in [2.45, 2.75) is 32.9 Å². The molecule has 0 radical (unpaired) electrons. The van der Waals surface area contributed by atoms with Crippen molar-refractivity contribution < 1.29 is 18.7 Å². The van der Waals surface area contributed by atoms with Crippen LogP contribution in [0.15, 0.2) is 68.0 Å². The molecule has 0 saturated carbocycles. The van der Waals surface area contributed by atoms with E-state index in [9.17, 15) is 14.0 Å². The van der Waals surface area contributed by atoms with Crippen LogP contribution in [0.1, 0.15) is 58.2 Å². The molecule has 0 bridgehead atoms. The number of hydrogen-bond donors (Lipinski definition) is 2. The van der Waals surface area contributed by atoms with E-state index in [1.54, 1.807) is 31.5 Å². The van der Waals surface area contributed by atoms with Crippen molar-refractivity contribution in [3.63, 3.8) is 0 Å². The molecule has 3 aromatic rings. The Kier molecular flexibility index (Phi) is 8.14. The van der Waals surface area contributed by atoms with E-state index >= 15 is 0 Å². The Hall–Kier alpha value is -4.00. The van der Waals surface area contributed by atoms with Crippen LogP contribution in [-0.2, 0) is 6.54 Å². The van der Waals surface area contributed by atoms with Crippen LogP contribution in [0, 0.1) is 5.82 Å². The molecule has 1 aromatic heterocycles. The number of nitrogens with zero attached hydrogens (tertiary/aromatic N) is 1. The van der Waals surface area contributed by atoms with Gasteiger partial charge >= 0.3 is 0 Å². The van der Waals surface area contributed by atoms with Crippen LogP contribution >= 0.6 is 0 Å². The first-order valence-electron chi connectivity index (χ1n) is 11.1. The predicted molar refractivity (Wildman–Crippen MR) is 130 cm³/mol. The Balaban J connectivity index is 0.00000158. The monoisotopic (exact) mass is 461 g/mol. The number of amides is 2. The molecule has 2 heterocycles. The maximum absolute atomic E-state index is 14.0. The Labute approximate surface area is 198 Å². The average Bonchev–Trinajstić information content (AvgIpc) is 2.88. The molecule has 2 N–H and O–H groups in total. The highest BCUT2D eigenvalue weighted by atomic mass is 19.1. The van der Waals surface area contributed by atoms with Gasteiger partial charge in [0.2, 0.25) is 0 Å². The average molecular weight is 462 g/mol. The summed E-state index contributed by atoms with van der Waals surface area (Å²) < 4.78 is 20.0. The molecule has 34 heavy (non-hydrogen) atoms. The molecular weight excluding hydrogens is 433 g/mol. The highest BCUT2D eigenvalue weighted by molar-refractivity contribution is 5.96. The van der Waals surface area contributed by atoms with E-state index in [-0.39, 0.29) is 24.1 Å². The van der Waals surface area contributed by atoms with E-state index in [4.69, 9.17) is 4.74 Å². The van der Waals surface area contributed by atoms with Gasteiger partial charge in [0.05, 0.1) is 11.8 Å². The molecule has 0 aliphatic carbocycles. The highest BCUT2D eigenvalue weighted by Gasteiger charge is 2.26. The van der Waals surface area contributed by atoms with Crippen LogP contribution in [0.2, 0.25) is 0 Å². The van der Waals surface area contributed by atoms with Crippen LogP contribution < -0.4 is 15.4 Å². The normalized spacial score (nSPS) is 13.3. The molecule has 0 saturated heterocycles. The van der Waals surface area contributed by atoms with Crippen LogP contribution in [-0.4, -0.2) is 23.3 Å².